The van der Waals surface area contributed by atoms with Gasteiger partial charge < -0.3 is 16.0 Å². The van der Waals surface area contributed by atoms with Gasteiger partial charge in [0, 0.05) is 18.5 Å². The van der Waals surface area contributed by atoms with Crippen molar-refractivity contribution in [2.45, 2.75) is 75.9 Å². The van der Waals surface area contributed by atoms with E-state index in [4.69, 9.17) is 0 Å². The maximum Gasteiger partial charge on any atom is 0.222 e. The highest BCUT2D eigenvalue weighted by Gasteiger charge is 2.23. The van der Waals surface area contributed by atoms with Gasteiger partial charge in [0.2, 0.25) is 5.91 Å². The molecule has 2 aromatic carbocycles. The second kappa shape index (κ2) is 11.1. The van der Waals surface area contributed by atoms with E-state index in [1.54, 1.807) is 12.1 Å². The summed E-state index contributed by atoms with van der Waals surface area (Å²) in [6, 6.07) is 13.8. The number of carbonyl (C=O) groups excluding carboxylic acids is 1. The fourth-order valence-electron chi connectivity index (χ4n) is 5.24. The van der Waals surface area contributed by atoms with E-state index in [2.05, 4.69) is 34.1 Å². The van der Waals surface area contributed by atoms with Crippen LogP contribution in [0.25, 0.3) is 0 Å². The van der Waals surface area contributed by atoms with Crippen molar-refractivity contribution >= 4 is 5.91 Å². The Morgan fingerprint density at radius 1 is 1.06 bits per heavy atom. The second-order valence-corrected chi connectivity index (χ2v) is 9.33. The van der Waals surface area contributed by atoms with E-state index in [9.17, 15) is 9.18 Å². The molecule has 4 rings (SSSR count). The van der Waals surface area contributed by atoms with Crippen LogP contribution in [0.2, 0.25) is 0 Å². The summed E-state index contributed by atoms with van der Waals surface area (Å²) in [6.07, 6.45) is 9.91. The average Bonchev–Trinajstić information content (AvgIpc) is 3.32. The van der Waals surface area contributed by atoms with Gasteiger partial charge in [0.05, 0.1) is 6.04 Å². The number of nitrogens with one attached hydrogen (secondary N) is 3. The summed E-state index contributed by atoms with van der Waals surface area (Å²) in [5.74, 6) is -0.239. The fraction of sp³-hybridized carbons (Fsp3) is 0.519. The summed E-state index contributed by atoms with van der Waals surface area (Å²) < 4.78 is 13.2. The molecule has 2 atom stereocenters. The Labute approximate surface area is 191 Å². The first kappa shape index (κ1) is 22.9. The minimum absolute atomic E-state index is 0.0244. The number of benzene rings is 2. The van der Waals surface area contributed by atoms with Crippen molar-refractivity contribution in [3.05, 3.63) is 70.5 Å². The Morgan fingerprint density at radius 3 is 2.59 bits per heavy atom. The predicted molar refractivity (Wildman–Crippen MR) is 127 cm³/mol. The first-order valence-electron chi connectivity index (χ1n) is 12.2. The van der Waals surface area contributed by atoms with Gasteiger partial charge >= 0.3 is 0 Å². The highest BCUT2D eigenvalue weighted by atomic mass is 19.1. The molecule has 1 amide bonds. The van der Waals surface area contributed by atoms with Crippen molar-refractivity contribution in [1.82, 2.24) is 16.0 Å². The van der Waals surface area contributed by atoms with E-state index in [-0.39, 0.29) is 23.8 Å². The number of hydrogen-bond acceptors (Lipinski definition) is 3. The Morgan fingerprint density at radius 2 is 1.84 bits per heavy atom. The molecule has 32 heavy (non-hydrogen) atoms. The van der Waals surface area contributed by atoms with Crippen LogP contribution in [0.1, 0.15) is 79.3 Å². The van der Waals surface area contributed by atoms with Crippen LogP contribution in [0.4, 0.5) is 4.39 Å². The molecule has 0 aromatic heterocycles. The van der Waals surface area contributed by atoms with Crippen molar-refractivity contribution in [2.24, 2.45) is 0 Å². The van der Waals surface area contributed by atoms with Crippen LogP contribution in [-0.2, 0) is 17.6 Å². The van der Waals surface area contributed by atoms with Crippen molar-refractivity contribution < 1.29 is 9.18 Å². The number of rotatable bonds is 9. The molecular weight excluding hydrogens is 401 g/mol. The molecule has 0 heterocycles. The second-order valence-electron chi connectivity index (χ2n) is 9.33. The molecular formula is C27H36FN3O. The fourth-order valence-corrected chi connectivity index (χ4v) is 5.24. The molecule has 4 nitrogen and oxygen atoms in total. The van der Waals surface area contributed by atoms with Crippen LogP contribution >= 0.6 is 0 Å². The van der Waals surface area contributed by atoms with Crippen molar-refractivity contribution in [3.8, 4) is 0 Å². The Balaban J connectivity index is 1.33. The highest BCUT2D eigenvalue weighted by molar-refractivity contribution is 5.77. The predicted octanol–water partition coefficient (Wildman–Crippen LogP) is 4.74. The first-order valence-corrected chi connectivity index (χ1v) is 12.2. The largest absolute Gasteiger partial charge is 0.349 e. The monoisotopic (exact) mass is 437 g/mol. The third kappa shape index (κ3) is 5.96. The Bertz CT molecular complexity index is 892. The molecule has 0 saturated heterocycles. The Kier molecular flexibility index (Phi) is 7.93. The lowest BCUT2D eigenvalue weighted by Crippen LogP contribution is -2.33. The van der Waals surface area contributed by atoms with Crippen LogP contribution in [0.5, 0.6) is 0 Å². The summed E-state index contributed by atoms with van der Waals surface area (Å²) in [4.78, 5) is 12.8. The lowest BCUT2D eigenvalue weighted by Gasteiger charge is -2.28. The van der Waals surface area contributed by atoms with E-state index in [0.29, 0.717) is 12.5 Å². The van der Waals surface area contributed by atoms with E-state index in [0.717, 1.165) is 37.8 Å². The van der Waals surface area contributed by atoms with E-state index < -0.39 is 0 Å². The summed E-state index contributed by atoms with van der Waals surface area (Å²) in [7, 11) is 1.83. The maximum atomic E-state index is 13.2. The van der Waals surface area contributed by atoms with Crippen LogP contribution in [0.3, 0.4) is 0 Å². The minimum Gasteiger partial charge on any atom is -0.349 e. The molecule has 0 spiro atoms. The molecule has 3 N–H and O–H groups in total. The number of hydrogen-bond donors (Lipinski definition) is 3. The molecule has 0 bridgehead atoms. The molecule has 0 unspecified atom stereocenters. The van der Waals surface area contributed by atoms with Crippen LogP contribution in [-0.4, -0.2) is 25.5 Å². The lowest BCUT2D eigenvalue weighted by molar-refractivity contribution is -0.122. The van der Waals surface area contributed by atoms with Crippen LogP contribution in [0, 0.1) is 5.82 Å². The van der Waals surface area contributed by atoms with E-state index in [1.807, 2.05) is 7.05 Å². The van der Waals surface area contributed by atoms with Gasteiger partial charge in [-0.05, 0) is 86.5 Å². The highest BCUT2D eigenvalue weighted by Crippen LogP contribution is 2.31. The standard InChI is InChI=1S/C27H36FN3O/c1-29-26(20-10-12-22(28)13-11-20)18-27(32)31-25-8-4-5-21-17-19(9-14-24(21)25)15-16-30-23-6-2-3-7-23/h9-14,17,23,25-26,29-30H,2-8,15-16,18H2,1H3,(H,31,32)/t25-,26-/m1/s1. The summed E-state index contributed by atoms with van der Waals surface area (Å²) in [5.41, 5.74) is 4.94. The van der Waals surface area contributed by atoms with Crippen molar-refractivity contribution in [3.63, 3.8) is 0 Å². The zero-order valence-electron chi connectivity index (χ0n) is 19.1. The molecule has 0 radical (unpaired) electrons. The molecule has 0 aliphatic heterocycles. The molecule has 1 saturated carbocycles. The summed E-state index contributed by atoms with van der Waals surface area (Å²) in [5, 5.41) is 10.1. The third-order valence-corrected chi connectivity index (χ3v) is 7.07. The normalized spacial score (nSPS) is 19.5. The molecule has 1 fully saturated rings. The van der Waals surface area contributed by atoms with Gasteiger partial charge in [0.15, 0.2) is 0 Å². The zero-order chi connectivity index (χ0) is 22.3. The van der Waals surface area contributed by atoms with E-state index >= 15 is 0 Å². The van der Waals surface area contributed by atoms with Gasteiger partial charge in [-0.2, -0.15) is 0 Å². The molecule has 172 valence electrons. The first-order chi connectivity index (χ1) is 15.6. The van der Waals surface area contributed by atoms with E-state index in [1.165, 1.54) is 54.5 Å². The third-order valence-electron chi connectivity index (χ3n) is 7.07. The van der Waals surface area contributed by atoms with Gasteiger partial charge in [0.1, 0.15) is 5.82 Å². The molecule has 2 aliphatic carbocycles. The number of aryl methyl sites for hydroxylation is 1. The molecule has 2 aromatic rings. The number of amides is 1. The SMILES string of the molecule is CN[C@H](CC(=O)N[C@@H]1CCCc2cc(CCNC3CCCC3)ccc21)c1ccc(F)cc1. The zero-order valence-corrected chi connectivity index (χ0v) is 19.1. The van der Waals surface area contributed by atoms with Gasteiger partial charge in [0.25, 0.3) is 0 Å². The van der Waals surface area contributed by atoms with Crippen molar-refractivity contribution in [2.75, 3.05) is 13.6 Å². The molecule has 5 heteroatoms. The quantitative estimate of drug-likeness (QED) is 0.531. The minimum atomic E-state index is -0.263. The lowest BCUT2D eigenvalue weighted by atomic mass is 9.86. The summed E-state index contributed by atoms with van der Waals surface area (Å²) in [6.45, 7) is 1.04. The van der Waals surface area contributed by atoms with Crippen LogP contribution in [0.15, 0.2) is 42.5 Å². The Hall–Kier alpha value is -2.24. The number of fused-ring (bicyclic) bond motifs is 1. The number of halogens is 1. The maximum absolute atomic E-state index is 13.2. The van der Waals surface area contributed by atoms with Gasteiger partial charge in [-0.3, -0.25) is 4.79 Å². The van der Waals surface area contributed by atoms with Crippen LogP contribution < -0.4 is 16.0 Å². The van der Waals surface area contributed by atoms with Gasteiger partial charge in [-0.1, -0.05) is 43.2 Å². The average molecular weight is 438 g/mol. The van der Waals surface area contributed by atoms with Gasteiger partial charge in [-0.25, -0.2) is 4.39 Å². The topological polar surface area (TPSA) is 53.2 Å². The van der Waals surface area contributed by atoms with Gasteiger partial charge in [-0.15, -0.1) is 0 Å². The van der Waals surface area contributed by atoms with Crippen molar-refractivity contribution in [1.29, 1.82) is 0 Å². The summed E-state index contributed by atoms with van der Waals surface area (Å²) >= 11 is 0. The smallest absolute Gasteiger partial charge is 0.222 e. The number of carbonyl (C=O) groups is 1. The molecule has 2 aliphatic rings.